The molecule has 0 atom stereocenters. The average Bonchev–Trinajstić information content (AvgIpc) is 2.95. The number of thiazole rings is 1. The van der Waals surface area contributed by atoms with Crippen LogP contribution in [0.25, 0.3) is 0 Å². The molecular formula is C16H24N2S2. The van der Waals surface area contributed by atoms with Gasteiger partial charge in [-0.3, -0.25) is 0 Å². The quantitative estimate of drug-likeness (QED) is 0.857. The van der Waals surface area contributed by atoms with E-state index in [1.807, 2.05) is 22.7 Å². The van der Waals surface area contributed by atoms with E-state index in [4.69, 9.17) is 4.98 Å². The number of hydrogen-bond donors (Lipinski definition) is 1. The van der Waals surface area contributed by atoms with E-state index in [-0.39, 0.29) is 5.54 Å². The fourth-order valence-electron chi connectivity index (χ4n) is 1.98. The Bertz CT molecular complexity index is 533. The molecule has 0 radical (unpaired) electrons. The van der Waals surface area contributed by atoms with Crippen molar-refractivity contribution in [3.8, 4) is 0 Å². The molecule has 2 heterocycles. The van der Waals surface area contributed by atoms with Crippen molar-refractivity contribution in [2.75, 3.05) is 0 Å². The first-order valence-corrected chi connectivity index (χ1v) is 8.80. The molecule has 0 amide bonds. The lowest BCUT2D eigenvalue weighted by Crippen LogP contribution is -2.35. The molecule has 0 saturated heterocycles. The normalized spacial score (nSPS) is 12.3. The molecule has 0 aliphatic rings. The van der Waals surface area contributed by atoms with Crippen molar-refractivity contribution >= 4 is 22.7 Å². The summed E-state index contributed by atoms with van der Waals surface area (Å²) >= 11 is 3.67. The Hall–Kier alpha value is -0.710. The van der Waals surface area contributed by atoms with Gasteiger partial charge in [-0.25, -0.2) is 4.98 Å². The minimum absolute atomic E-state index is 0.145. The number of nitrogens with one attached hydrogen (secondary N) is 1. The van der Waals surface area contributed by atoms with Gasteiger partial charge in [0, 0.05) is 28.3 Å². The molecule has 2 nitrogen and oxygen atoms in total. The van der Waals surface area contributed by atoms with Gasteiger partial charge in [-0.2, -0.15) is 0 Å². The SMILES string of the molecule is CC(C)c1nc(Cc2cccs2)sc1CNC(C)(C)C. The van der Waals surface area contributed by atoms with Gasteiger partial charge in [-0.1, -0.05) is 19.9 Å². The zero-order valence-corrected chi connectivity index (χ0v) is 14.6. The Morgan fingerprint density at radius 1 is 1.30 bits per heavy atom. The minimum Gasteiger partial charge on any atom is -0.307 e. The molecule has 0 aromatic carbocycles. The van der Waals surface area contributed by atoms with Crippen LogP contribution in [0, 0.1) is 0 Å². The number of nitrogens with zero attached hydrogens (tertiary/aromatic N) is 1. The Morgan fingerprint density at radius 3 is 2.60 bits per heavy atom. The van der Waals surface area contributed by atoms with Crippen molar-refractivity contribution in [1.29, 1.82) is 0 Å². The van der Waals surface area contributed by atoms with Gasteiger partial charge >= 0.3 is 0 Å². The lowest BCUT2D eigenvalue weighted by atomic mass is 10.1. The number of hydrogen-bond acceptors (Lipinski definition) is 4. The predicted molar refractivity (Wildman–Crippen MR) is 89.9 cm³/mol. The summed E-state index contributed by atoms with van der Waals surface area (Å²) in [6.45, 7) is 12.0. The predicted octanol–water partition coefficient (Wildman–Crippen LogP) is 4.81. The fraction of sp³-hybridized carbons (Fsp3) is 0.562. The first-order chi connectivity index (χ1) is 9.35. The lowest BCUT2D eigenvalue weighted by Gasteiger charge is -2.20. The van der Waals surface area contributed by atoms with Crippen molar-refractivity contribution in [3.63, 3.8) is 0 Å². The monoisotopic (exact) mass is 308 g/mol. The van der Waals surface area contributed by atoms with E-state index in [0.29, 0.717) is 5.92 Å². The molecule has 2 aromatic heterocycles. The summed E-state index contributed by atoms with van der Waals surface area (Å²) in [5.41, 5.74) is 1.41. The molecule has 0 spiro atoms. The molecule has 110 valence electrons. The third-order valence-corrected chi connectivity index (χ3v) is 4.95. The van der Waals surface area contributed by atoms with E-state index in [0.717, 1.165) is 13.0 Å². The molecule has 0 aliphatic heterocycles. The van der Waals surface area contributed by atoms with Crippen LogP contribution in [-0.4, -0.2) is 10.5 Å². The van der Waals surface area contributed by atoms with Crippen molar-refractivity contribution in [3.05, 3.63) is 38.0 Å². The van der Waals surface area contributed by atoms with E-state index in [2.05, 4.69) is 57.4 Å². The van der Waals surface area contributed by atoms with Crippen LogP contribution in [0.5, 0.6) is 0 Å². The Labute approximate surface area is 130 Å². The van der Waals surface area contributed by atoms with Crippen molar-refractivity contribution < 1.29 is 0 Å². The highest BCUT2D eigenvalue weighted by Crippen LogP contribution is 2.28. The third-order valence-electron chi connectivity index (χ3n) is 3.00. The topological polar surface area (TPSA) is 24.9 Å². The lowest BCUT2D eigenvalue weighted by molar-refractivity contribution is 0.425. The number of thiophene rings is 1. The highest BCUT2D eigenvalue weighted by atomic mass is 32.1. The number of rotatable bonds is 5. The molecule has 4 heteroatoms. The van der Waals surface area contributed by atoms with Crippen LogP contribution in [0.3, 0.4) is 0 Å². The molecule has 20 heavy (non-hydrogen) atoms. The first-order valence-electron chi connectivity index (χ1n) is 7.11. The molecule has 1 N–H and O–H groups in total. The molecule has 0 unspecified atom stereocenters. The van der Waals surface area contributed by atoms with E-state index in [1.165, 1.54) is 20.5 Å². The van der Waals surface area contributed by atoms with Gasteiger partial charge in [0.05, 0.1) is 10.7 Å². The first kappa shape index (κ1) is 15.7. The van der Waals surface area contributed by atoms with Crippen LogP contribution < -0.4 is 5.32 Å². The van der Waals surface area contributed by atoms with E-state index in [9.17, 15) is 0 Å². The summed E-state index contributed by atoms with van der Waals surface area (Å²) in [6, 6.07) is 4.30. The van der Waals surface area contributed by atoms with E-state index < -0.39 is 0 Å². The van der Waals surface area contributed by atoms with Crippen molar-refractivity contribution in [2.24, 2.45) is 0 Å². The smallest absolute Gasteiger partial charge is 0.0983 e. The second kappa shape index (κ2) is 6.37. The van der Waals surface area contributed by atoms with Gasteiger partial charge in [-0.15, -0.1) is 22.7 Å². The summed E-state index contributed by atoms with van der Waals surface area (Å²) < 4.78 is 0. The van der Waals surface area contributed by atoms with Gasteiger partial charge in [0.15, 0.2) is 0 Å². The Kier molecular flexibility index (Phi) is 4.99. The summed E-state index contributed by atoms with van der Waals surface area (Å²) in [5.74, 6) is 0.486. The fourth-order valence-corrected chi connectivity index (χ4v) is 3.96. The maximum Gasteiger partial charge on any atom is 0.0983 e. The number of aromatic nitrogens is 1. The molecule has 0 aliphatic carbocycles. The van der Waals surface area contributed by atoms with Gasteiger partial charge in [0.25, 0.3) is 0 Å². The maximum atomic E-state index is 4.87. The summed E-state index contributed by atoms with van der Waals surface area (Å²) in [6.07, 6.45) is 0.970. The molecule has 2 rings (SSSR count). The van der Waals surface area contributed by atoms with Gasteiger partial charge in [0.1, 0.15) is 0 Å². The zero-order chi connectivity index (χ0) is 14.8. The largest absolute Gasteiger partial charge is 0.307 e. The zero-order valence-electron chi connectivity index (χ0n) is 13.0. The van der Waals surface area contributed by atoms with Gasteiger partial charge < -0.3 is 5.32 Å². The molecule has 0 fully saturated rings. The second-order valence-electron chi connectivity index (χ2n) is 6.43. The van der Waals surface area contributed by atoms with Crippen LogP contribution >= 0.6 is 22.7 Å². The van der Waals surface area contributed by atoms with Crippen LogP contribution in [-0.2, 0) is 13.0 Å². The highest BCUT2D eigenvalue weighted by molar-refractivity contribution is 7.12. The summed E-state index contributed by atoms with van der Waals surface area (Å²) in [7, 11) is 0. The van der Waals surface area contributed by atoms with E-state index >= 15 is 0 Å². The maximum absolute atomic E-state index is 4.87. The van der Waals surface area contributed by atoms with Crippen molar-refractivity contribution in [1.82, 2.24) is 10.3 Å². The van der Waals surface area contributed by atoms with Crippen LogP contribution in [0.1, 0.15) is 61.0 Å². The Balaban J connectivity index is 2.15. The standard InChI is InChI=1S/C16H24N2S2/c1-11(2)15-13(10-17-16(3,4)5)20-14(18-15)9-12-7-6-8-19-12/h6-8,11,17H,9-10H2,1-5H3. The van der Waals surface area contributed by atoms with Crippen LogP contribution in [0.2, 0.25) is 0 Å². The summed E-state index contributed by atoms with van der Waals surface area (Å²) in [5, 5.41) is 6.95. The molecule has 0 saturated carbocycles. The van der Waals surface area contributed by atoms with E-state index in [1.54, 1.807) is 0 Å². The highest BCUT2D eigenvalue weighted by Gasteiger charge is 2.17. The van der Waals surface area contributed by atoms with Crippen LogP contribution in [0.15, 0.2) is 17.5 Å². The minimum atomic E-state index is 0.145. The average molecular weight is 309 g/mol. The Morgan fingerprint density at radius 2 is 2.05 bits per heavy atom. The third kappa shape index (κ3) is 4.40. The van der Waals surface area contributed by atoms with Gasteiger partial charge in [0.2, 0.25) is 0 Å². The molecular weight excluding hydrogens is 284 g/mol. The van der Waals surface area contributed by atoms with Gasteiger partial charge in [-0.05, 0) is 38.1 Å². The summed E-state index contributed by atoms with van der Waals surface area (Å²) in [4.78, 5) is 7.65. The molecule has 0 bridgehead atoms. The second-order valence-corrected chi connectivity index (χ2v) is 8.63. The van der Waals surface area contributed by atoms with Crippen molar-refractivity contribution in [2.45, 2.75) is 59.0 Å². The van der Waals surface area contributed by atoms with Crippen LogP contribution in [0.4, 0.5) is 0 Å². The molecule has 2 aromatic rings.